The van der Waals surface area contributed by atoms with Crippen molar-refractivity contribution >= 4 is 43.8 Å². The van der Waals surface area contributed by atoms with Crippen molar-refractivity contribution in [3.05, 3.63) is 39.2 Å². The summed E-state index contributed by atoms with van der Waals surface area (Å²) in [6.07, 6.45) is 7.94. The molecule has 1 unspecified atom stereocenters. The molecule has 11 heteroatoms. The summed E-state index contributed by atoms with van der Waals surface area (Å²) < 4.78 is 33.0. The fraction of sp³-hybridized carbons (Fsp3) is 0.571. The van der Waals surface area contributed by atoms with E-state index >= 15 is 0 Å². The molecule has 0 radical (unpaired) electrons. The second kappa shape index (κ2) is 10.0. The van der Waals surface area contributed by atoms with Crippen LogP contribution in [0.1, 0.15) is 51.0 Å². The van der Waals surface area contributed by atoms with E-state index in [0.29, 0.717) is 41.9 Å². The zero-order chi connectivity index (χ0) is 22.7. The highest BCUT2D eigenvalue weighted by atomic mass is 35.5. The van der Waals surface area contributed by atoms with E-state index < -0.39 is 26.7 Å². The van der Waals surface area contributed by atoms with E-state index in [1.807, 2.05) is 0 Å². The van der Waals surface area contributed by atoms with Gasteiger partial charge in [0.15, 0.2) is 15.0 Å². The smallest absolute Gasteiger partial charge is 0.252 e. The van der Waals surface area contributed by atoms with Crippen molar-refractivity contribution < 1.29 is 17.9 Å². The van der Waals surface area contributed by atoms with Crippen molar-refractivity contribution in [2.75, 3.05) is 18.5 Å². The second-order valence-corrected chi connectivity index (χ2v) is 12.2. The average molecular weight is 500 g/mol. The molecule has 1 amide bonds. The standard InChI is InChI=1S/C21H26ClN3O5S2/c22-18-13-23-21(31-18)24-20(27)17(11-14-6-9-30-10-7-14)25-8-5-16(12-19(25)26)32(28,29)15-3-1-2-4-15/h5,8,12-15,17H,1-4,6-7,9-11H2,(H,23,24,27). The number of sulfone groups is 1. The third-order valence-corrected chi connectivity index (χ3v) is 9.52. The molecule has 32 heavy (non-hydrogen) atoms. The maximum Gasteiger partial charge on any atom is 0.252 e. The van der Waals surface area contributed by atoms with E-state index in [0.717, 1.165) is 43.1 Å². The monoisotopic (exact) mass is 499 g/mol. The number of hydrogen-bond donors (Lipinski definition) is 1. The summed E-state index contributed by atoms with van der Waals surface area (Å²) in [5.41, 5.74) is -0.506. The molecular weight excluding hydrogens is 474 g/mol. The van der Waals surface area contributed by atoms with Crippen LogP contribution in [0.4, 0.5) is 5.13 Å². The van der Waals surface area contributed by atoms with E-state index in [1.54, 1.807) is 0 Å². The topological polar surface area (TPSA) is 107 Å². The molecule has 174 valence electrons. The van der Waals surface area contributed by atoms with Gasteiger partial charge in [-0.2, -0.15) is 0 Å². The van der Waals surface area contributed by atoms with Crippen molar-refractivity contribution in [1.29, 1.82) is 0 Å². The Balaban J connectivity index is 1.62. The molecule has 1 aliphatic heterocycles. The molecule has 2 fully saturated rings. The van der Waals surface area contributed by atoms with Gasteiger partial charge in [0.1, 0.15) is 10.4 Å². The van der Waals surface area contributed by atoms with Crippen LogP contribution in [0.3, 0.4) is 0 Å². The largest absolute Gasteiger partial charge is 0.381 e. The Labute approximate surface area is 195 Å². The van der Waals surface area contributed by atoms with Crippen molar-refractivity contribution in [2.24, 2.45) is 5.92 Å². The summed E-state index contributed by atoms with van der Waals surface area (Å²) >= 11 is 7.05. The van der Waals surface area contributed by atoms with Crippen LogP contribution < -0.4 is 10.9 Å². The summed E-state index contributed by atoms with van der Waals surface area (Å²) in [5, 5.41) is 2.66. The van der Waals surface area contributed by atoms with Crippen LogP contribution in [0.2, 0.25) is 4.34 Å². The highest BCUT2D eigenvalue weighted by Crippen LogP contribution is 2.31. The van der Waals surface area contributed by atoms with Gasteiger partial charge < -0.3 is 14.6 Å². The van der Waals surface area contributed by atoms with Gasteiger partial charge in [0.05, 0.1) is 16.3 Å². The Hall–Kier alpha value is -1.75. The predicted molar refractivity (Wildman–Crippen MR) is 123 cm³/mol. The van der Waals surface area contributed by atoms with Crippen molar-refractivity contribution in [3.63, 3.8) is 0 Å². The number of nitrogens with zero attached hydrogens (tertiary/aromatic N) is 2. The number of carbonyl (C=O) groups is 1. The van der Waals surface area contributed by atoms with E-state index in [-0.39, 0.29) is 16.7 Å². The van der Waals surface area contributed by atoms with Crippen molar-refractivity contribution in [2.45, 2.75) is 61.1 Å². The van der Waals surface area contributed by atoms with E-state index in [4.69, 9.17) is 16.3 Å². The number of halogens is 1. The lowest BCUT2D eigenvalue weighted by Gasteiger charge is -2.27. The number of rotatable bonds is 7. The quantitative estimate of drug-likeness (QED) is 0.622. The average Bonchev–Trinajstić information content (AvgIpc) is 3.45. The number of ether oxygens (including phenoxy) is 1. The normalized spacial score (nSPS) is 19.2. The zero-order valence-electron chi connectivity index (χ0n) is 17.5. The van der Waals surface area contributed by atoms with Gasteiger partial charge in [-0.05, 0) is 44.1 Å². The minimum atomic E-state index is -3.55. The van der Waals surface area contributed by atoms with Crippen LogP contribution in [0, 0.1) is 5.92 Å². The van der Waals surface area contributed by atoms with E-state index in [2.05, 4.69) is 10.3 Å². The molecule has 1 saturated carbocycles. The van der Waals surface area contributed by atoms with Gasteiger partial charge in [0.2, 0.25) is 5.91 Å². The Morgan fingerprint density at radius 2 is 2.00 bits per heavy atom. The number of anilines is 1. The maximum absolute atomic E-state index is 13.1. The van der Waals surface area contributed by atoms with Crippen LogP contribution in [0.5, 0.6) is 0 Å². The molecule has 8 nitrogen and oxygen atoms in total. The summed E-state index contributed by atoms with van der Waals surface area (Å²) in [7, 11) is -3.55. The first-order chi connectivity index (χ1) is 15.3. The number of carbonyl (C=O) groups excluding carboxylic acids is 1. The highest BCUT2D eigenvalue weighted by Gasteiger charge is 2.32. The maximum atomic E-state index is 13.1. The molecule has 0 spiro atoms. The lowest BCUT2D eigenvalue weighted by atomic mass is 9.92. The second-order valence-electron chi connectivity index (χ2n) is 8.33. The molecule has 0 bridgehead atoms. The number of hydrogen-bond acceptors (Lipinski definition) is 7. The van der Waals surface area contributed by atoms with Crippen LogP contribution in [-0.2, 0) is 19.4 Å². The Morgan fingerprint density at radius 1 is 1.28 bits per heavy atom. The fourth-order valence-corrected chi connectivity index (χ4v) is 7.11. The van der Waals surface area contributed by atoms with Crippen LogP contribution >= 0.6 is 22.9 Å². The highest BCUT2D eigenvalue weighted by molar-refractivity contribution is 7.92. The summed E-state index contributed by atoms with van der Waals surface area (Å²) in [6, 6.07) is 1.80. The fourth-order valence-electron chi connectivity index (χ4n) is 4.44. The molecule has 1 saturated heterocycles. The molecule has 0 aromatic carbocycles. The lowest BCUT2D eigenvalue weighted by Crippen LogP contribution is -2.35. The van der Waals surface area contributed by atoms with Crippen molar-refractivity contribution in [1.82, 2.24) is 9.55 Å². The minimum absolute atomic E-state index is 0.0302. The van der Waals surface area contributed by atoms with E-state index in [1.165, 1.54) is 23.0 Å². The van der Waals surface area contributed by atoms with Crippen molar-refractivity contribution in [3.8, 4) is 0 Å². The summed E-state index contributed by atoms with van der Waals surface area (Å²) in [5.74, 6) is -0.163. The van der Waals surface area contributed by atoms with Gasteiger partial charge in [0, 0.05) is 25.5 Å². The van der Waals surface area contributed by atoms with Crippen LogP contribution in [-0.4, -0.2) is 42.3 Å². The SMILES string of the molecule is O=C(Nc1ncc(Cl)s1)C(CC1CCOCC1)n1ccc(S(=O)(=O)C2CCCC2)cc1=O. The lowest BCUT2D eigenvalue weighted by molar-refractivity contribution is -0.120. The third kappa shape index (κ3) is 5.24. The number of thiazole rings is 1. The summed E-state index contributed by atoms with van der Waals surface area (Å²) in [6.45, 7) is 1.24. The molecule has 3 heterocycles. The zero-order valence-corrected chi connectivity index (χ0v) is 19.9. The Bertz CT molecular complexity index is 1120. The molecule has 1 N–H and O–H groups in total. The number of amides is 1. The molecule has 2 aromatic heterocycles. The van der Waals surface area contributed by atoms with Crippen LogP contribution in [0.15, 0.2) is 34.2 Å². The predicted octanol–water partition coefficient (Wildman–Crippen LogP) is 3.67. The van der Waals surface area contributed by atoms with Gasteiger partial charge in [0.25, 0.3) is 5.56 Å². The summed E-state index contributed by atoms with van der Waals surface area (Å²) in [4.78, 5) is 30.2. The first kappa shape index (κ1) is 23.4. The van der Waals surface area contributed by atoms with Gasteiger partial charge in [-0.15, -0.1) is 0 Å². The van der Waals surface area contributed by atoms with E-state index in [9.17, 15) is 18.0 Å². The van der Waals surface area contributed by atoms with Crippen LogP contribution in [0.25, 0.3) is 0 Å². The Morgan fingerprint density at radius 3 is 2.62 bits per heavy atom. The molecule has 1 aliphatic carbocycles. The van der Waals surface area contributed by atoms with Gasteiger partial charge in [-0.3, -0.25) is 9.59 Å². The Kier molecular flexibility index (Phi) is 7.34. The minimum Gasteiger partial charge on any atom is -0.381 e. The molecule has 1 atom stereocenters. The third-order valence-electron chi connectivity index (χ3n) is 6.23. The first-order valence-corrected chi connectivity index (χ1v) is 13.5. The number of aromatic nitrogens is 2. The van der Waals surface area contributed by atoms with Gasteiger partial charge in [-0.25, -0.2) is 13.4 Å². The molecule has 2 aromatic rings. The van der Waals surface area contributed by atoms with Gasteiger partial charge >= 0.3 is 0 Å². The first-order valence-electron chi connectivity index (χ1n) is 10.8. The number of nitrogens with one attached hydrogen (secondary N) is 1. The molecule has 2 aliphatic rings. The number of pyridine rings is 1. The molecule has 4 rings (SSSR count). The molecular formula is C21H26ClN3O5S2. The van der Waals surface area contributed by atoms with Gasteiger partial charge in [-0.1, -0.05) is 35.8 Å².